The Morgan fingerprint density at radius 3 is 2.62 bits per heavy atom. The maximum atomic E-state index is 13.6. The Kier molecular flexibility index (Phi) is 8.24. The molecule has 4 rings (SSSR count). The lowest BCUT2D eigenvalue weighted by Crippen LogP contribution is -2.55. The normalized spacial score (nSPS) is 15.8. The van der Waals surface area contributed by atoms with Crippen LogP contribution in [-0.4, -0.2) is 69.1 Å². The molecule has 2 aromatic heterocycles. The molecule has 9 nitrogen and oxygen atoms in total. The number of rotatable bonds is 7. The number of carbonyl (C=O) groups excluding carboxylic acids is 1. The monoisotopic (exact) mass is 563 g/mol. The molecule has 0 bridgehead atoms. The van der Waals surface area contributed by atoms with E-state index in [-0.39, 0.29) is 47.7 Å². The van der Waals surface area contributed by atoms with Crippen molar-refractivity contribution in [2.75, 3.05) is 31.1 Å². The standard InChI is InChI=1S/C26H25ClF3N5O4/c1-3-16-14-34(24(36)17-8-7-15(27)12-19(17)26(28,29)30)10-11-35(16)22-21(25(37)38)33-20(13-32-22)18-6-5-9-31-23(18)39-4-2/h5-9,12-13,16H,3-4,10-11,14H2,1-2H3,(H,37,38)/t16-/m1/s1. The summed E-state index contributed by atoms with van der Waals surface area (Å²) in [5.74, 6) is -1.69. The van der Waals surface area contributed by atoms with Crippen LogP contribution in [0.5, 0.6) is 5.88 Å². The van der Waals surface area contributed by atoms with Crippen molar-refractivity contribution >= 4 is 29.3 Å². The lowest BCUT2D eigenvalue weighted by atomic mass is 10.0. The number of nitrogens with zero attached hydrogens (tertiary/aromatic N) is 5. The summed E-state index contributed by atoms with van der Waals surface area (Å²) in [4.78, 5) is 41.4. The van der Waals surface area contributed by atoms with Gasteiger partial charge in [-0.25, -0.2) is 19.7 Å². The van der Waals surface area contributed by atoms with Crippen molar-refractivity contribution < 1.29 is 32.6 Å². The van der Waals surface area contributed by atoms with Crippen LogP contribution >= 0.6 is 11.6 Å². The van der Waals surface area contributed by atoms with E-state index >= 15 is 0 Å². The van der Waals surface area contributed by atoms with Crippen molar-refractivity contribution in [2.45, 2.75) is 32.5 Å². The van der Waals surface area contributed by atoms with Gasteiger partial charge in [0.1, 0.15) is 0 Å². The van der Waals surface area contributed by atoms with Gasteiger partial charge in [-0.2, -0.15) is 13.2 Å². The van der Waals surface area contributed by atoms with Gasteiger partial charge in [-0.05, 0) is 43.7 Å². The minimum absolute atomic E-state index is 0.0504. The molecule has 0 radical (unpaired) electrons. The number of hydrogen-bond acceptors (Lipinski definition) is 7. The molecule has 206 valence electrons. The number of piperazine rings is 1. The largest absolute Gasteiger partial charge is 0.477 e. The molecule has 0 aliphatic carbocycles. The number of carboxylic acids is 1. The first-order valence-electron chi connectivity index (χ1n) is 12.2. The van der Waals surface area contributed by atoms with Gasteiger partial charge in [0.15, 0.2) is 11.5 Å². The number of benzene rings is 1. The van der Waals surface area contributed by atoms with Gasteiger partial charge in [0.2, 0.25) is 5.88 Å². The highest BCUT2D eigenvalue weighted by Crippen LogP contribution is 2.35. The van der Waals surface area contributed by atoms with Crippen LogP contribution in [-0.2, 0) is 6.18 Å². The van der Waals surface area contributed by atoms with Crippen LogP contribution in [0.25, 0.3) is 11.3 Å². The first kappa shape index (κ1) is 28.1. The number of ether oxygens (including phenoxy) is 1. The first-order chi connectivity index (χ1) is 18.5. The van der Waals surface area contributed by atoms with Crippen LogP contribution in [0.1, 0.15) is 46.7 Å². The third-order valence-corrected chi connectivity index (χ3v) is 6.55. The van der Waals surface area contributed by atoms with Crippen molar-refractivity contribution in [3.63, 3.8) is 0 Å². The summed E-state index contributed by atoms with van der Waals surface area (Å²) < 4.78 is 46.3. The van der Waals surface area contributed by atoms with E-state index in [1.165, 1.54) is 17.2 Å². The number of carboxylic acid groups (broad SMARTS) is 1. The van der Waals surface area contributed by atoms with Gasteiger partial charge in [0.25, 0.3) is 5.91 Å². The average molecular weight is 564 g/mol. The molecular weight excluding hydrogens is 539 g/mol. The van der Waals surface area contributed by atoms with E-state index in [0.717, 1.165) is 12.1 Å². The molecule has 1 saturated heterocycles. The molecule has 1 amide bonds. The van der Waals surface area contributed by atoms with Crippen LogP contribution < -0.4 is 9.64 Å². The fourth-order valence-electron chi connectivity index (χ4n) is 4.48. The van der Waals surface area contributed by atoms with Gasteiger partial charge in [-0.15, -0.1) is 0 Å². The highest BCUT2D eigenvalue weighted by atomic mass is 35.5. The zero-order chi connectivity index (χ0) is 28.3. The van der Waals surface area contributed by atoms with Crippen LogP contribution in [0.3, 0.4) is 0 Å². The van der Waals surface area contributed by atoms with E-state index in [9.17, 15) is 27.9 Å². The minimum Gasteiger partial charge on any atom is -0.477 e. The molecule has 0 unspecified atom stereocenters. The summed E-state index contributed by atoms with van der Waals surface area (Å²) in [6.45, 7) is 4.24. The maximum Gasteiger partial charge on any atom is 0.417 e. The quantitative estimate of drug-likeness (QED) is 0.425. The molecule has 0 spiro atoms. The van der Waals surface area contributed by atoms with E-state index in [1.807, 2.05) is 6.92 Å². The Balaban J connectivity index is 1.63. The molecule has 3 heterocycles. The molecular formula is C26H25ClF3N5O4. The van der Waals surface area contributed by atoms with Crippen molar-refractivity contribution in [1.29, 1.82) is 0 Å². The number of pyridine rings is 1. The predicted octanol–water partition coefficient (Wildman–Crippen LogP) is 5.05. The second-order valence-electron chi connectivity index (χ2n) is 8.72. The van der Waals surface area contributed by atoms with Crippen LogP contribution in [0.2, 0.25) is 5.02 Å². The Hall–Kier alpha value is -3.93. The van der Waals surface area contributed by atoms with Crippen molar-refractivity contribution in [3.05, 3.63) is 64.6 Å². The molecule has 39 heavy (non-hydrogen) atoms. The predicted molar refractivity (Wildman–Crippen MR) is 137 cm³/mol. The first-order valence-corrected chi connectivity index (χ1v) is 12.5. The smallest absolute Gasteiger partial charge is 0.417 e. The molecule has 1 atom stereocenters. The zero-order valence-corrected chi connectivity index (χ0v) is 21.8. The molecule has 3 aromatic rings. The number of carbonyl (C=O) groups is 2. The number of aromatic nitrogens is 3. The molecule has 1 N–H and O–H groups in total. The third-order valence-electron chi connectivity index (χ3n) is 6.31. The average Bonchev–Trinajstić information content (AvgIpc) is 2.92. The Bertz CT molecular complexity index is 1390. The summed E-state index contributed by atoms with van der Waals surface area (Å²) >= 11 is 5.76. The maximum absolute atomic E-state index is 13.6. The van der Waals surface area contributed by atoms with Crippen molar-refractivity contribution in [3.8, 4) is 17.1 Å². The van der Waals surface area contributed by atoms with Gasteiger partial charge in [0.05, 0.1) is 35.2 Å². The molecule has 0 saturated carbocycles. The molecule has 13 heteroatoms. The summed E-state index contributed by atoms with van der Waals surface area (Å²) in [6, 6.07) is 5.99. The summed E-state index contributed by atoms with van der Waals surface area (Å²) in [7, 11) is 0. The lowest BCUT2D eigenvalue weighted by molar-refractivity contribution is -0.138. The molecule has 1 fully saturated rings. The van der Waals surface area contributed by atoms with Crippen LogP contribution in [0, 0.1) is 0 Å². The van der Waals surface area contributed by atoms with Gasteiger partial charge in [-0.3, -0.25) is 4.79 Å². The Morgan fingerprint density at radius 1 is 1.18 bits per heavy atom. The van der Waals surface area contributed by atoms with E-state index in [4.69, 9.17) is 16.3 Å². The van der Waals surface area contributed by atoms with Crippen LogP contribution in [0.4, 0.5) is 19.0 Å². The third kappa shape index (κ3) is 5.90. The van der Waals surface area contributed by atoms with Gasteiger partial charge < -0.3 is 19.6 Å². The van der Waals surface area contributed by atoms with E-state index in [1.54, 1.807) is 30.2 Å². The van der Waals surface area contributed by atoms with E-state index < -0.39 is 35.2 Å². The van der Waals surface area contributed by atoms with Crippen molar-refractivity contribution in [2.24, 2.45) is 0 Å². The number of amides is 1. The lowest BCUT2D eigenvalue weighted by Gasteiger charge is -2.42. The van der Waals surface area contributed by atoms with Crippen molar-refractivity contribution in [1.82, 2.24) is 19.9 Å². The zero-order valence-electron chi connectivity index (χ0n) is 21.1. The van der Waals surface area contributed by atoms with E-state index in [2.05, 4.69) is 15.0 Å². The number of anilines is 1. The highest BCUT2D eigenvalue weighted by Gasteiger charge is 2.38. The number of hydrogen-bond donors (Lipinski definition) is 1. The number of halogens is 4. The summed E-state index contributed by atoms with van der Waals surface area (Å²) in [5, 5.41) is 9.83. The Morgan fingerprint density at radius 2 is 1.95 bits per heavy atom. The highest BCUT2D eigenvalue weighted by molar-refractivity contribution is 6.30. The topological polar surface area (TPSA) is 109 Å². The van der Waals surface area contributed by atoms with Crippen LogP contribution in [0.15, 0.2) is 42.7 Å². The van der Waals surface area contributed by atoms with E-state index in [0.29, 0.717) is 18.6 Å². The second-order valence-corrected chi connectivity index (χ2v) is 9.15. The molecule has 1 aliphatic rings. The molecule has 1 aromatic carbocycles. The fraction of sp³-hybridized carbons (Fsp3) is 0.346. The second kappa shape index (κ2) is 11.4. The summed E-state index contributed by atoms with van der Waals surface area (Å²) in [5.41, 5.74) is -1.16. The Labute approximate surface area is 227 Å². The minimum atomic E-state index is -4.76. The number of aromatic carboxylic acids is 1. The van der Waals surface area contributed by atoms with Gasteiger partial charge >= 0.3 is 12.1 Å². The number of alkyl halides is 3. The SMILES string of the molecule is CCOc1ncccc1-c1cnc(N2CCN(C(=O)c3ccc(Cl)cc3C(F)(F)F)C[C@H]2CC)c(C(=O)O)n1. The fourth-order valence-corrected chi connectivity index (χ4v) is 4.65. The van der Waals surface area contributed by atoms with Gasteiger partial charge in [-0.1, -0.05) is 18.5 Å². The van der Waals surface area contributed by atoms with Gasteiger partial charge in [0, 0.05) is 36.9 Å². The summed E-state index contributed by atoms with van der Waals surface area (Å²) in [6.07, 6.45) is -1.32. The molecule has 1 aliphatic heterocycles.